The summed E-state index contributed by atoms with van der Waals surface area (Å²) in [6.45, 7) is 0. The predicted molar refractivity (Wildman–Crippen MR) is 109 cm³/mol. The van der Waals surface area contributed by atoms with Gasteiger partial charge in [-0.05, 0) is 29.3 Å². The molecular weight excluding hydrogens is 368 g/mol. The van der Waals surface area contributed by atoms with Crippen LogP contribution in [0.3, 0.4) is 0 Å². The van der Waals surface area contributed by atoms with Crippen LogP contribution >= 0.6 is 0 Å². The van der Waals surface area contributed by atoms with Gasteiger partial charge in [0, 0.05) is 12.1 Å². The summed E-state index contributed by atoms with van der Waals surface area (Å²) in [6.07, 6.45) is 1.74. The quantitative estimate of drug-likeness (QED) is 0.477. The molecule has 2 unspecified atom stereocenters. The molecule has 1 N–H and O–H groups in total. The van der Waals surface area contributed by atoms with Crippen molar-refractivity contribution in [3.63, 3.8) is 0 Å². The second-order valence-electron chi connectivity index (χ2n) is 6.32. The average molecular weight is 386 g/mol. The van der Waals surface area contributed by atoms with Gasteiger partial charge >= 0.3 is 0 Å². The van der Waals surface area contributed by atoms with Gasteiger partial charge in [0.05, 0.1) is 4.92 Å². The van der Waals surface area contributed by atoms with Crippen molar-refractivity contribution in [2.24, 2.45) is 0 Å². The number of nitrogens with zero attached hydrogens (tertiary/aromatic N) is 2. The Morgan fingerprint density at radius 1 is 1.03 bits per heavy atom. The lowest BCUT2D eigenvalue weighted by Crippen LogP contribution is -2.41. The number of para-hydroxylation sites is 1. The first-order chi connectivity index (χ1) is 14.0. The van der Waals surface area contributed by atoms with Crippen molar-refractivity contribution in [2.45, 2.75) is 11.7 Å². The Hall–Kier alpha value is -3.95. The Morgan fingerprint density at radius 2 is 1.69 bits per heavy atom. The topological polar surface area (TPSA) is 96.4 Å². The van der Waals surface area contributed by atoms with Gasteiger partial charge in [0.25, 0.3) is 5.69 Å². The van der Waals surface area contributed by atoms with Gasteiger partial charge < -0.3 is 9.84 Å². The minimum absolute atomic E-state index is 0.182. The summed E-state index contributed by atoms with van der Waals surface area (Å²) >= 11 is 0. The number of nitriles is 1. The normalized spacial score (nSPS) is 13.9. The number of non-ortho nitro benzene ring substituents is 1. The summed E-state index contributed by atoms with van der Waals surface area (Å²) in [6, 6.07) is 25.4. The molecule has 144 valence electrons. The van der Waals surface area contributed by atoms with Crippen molar-refractivity contribution < 1.29 is 14.8 Å². The maximum atomic E-state index is 11.5. The fourth-order valence-corrected chi connectivity index (χ4v) is 2.84. The van der Waals surface area contributed by atoms with E-state index in [1.165, 1.54) is 30.3 Å². The Labute approximate surface area is 168 Å². The highest BCUT2D eigenvalue weighted by molar-refractivity contribution is 5.53. The summed E-state index contributed by atoms with van der Waals surface area (Å²) in [4.78, 5) is 10.6. The second-order valence-corrected chi connectivity index (χ2v) is 6.32. The standard InChI is InChI=1S/C23H18N2O4/c24-17-22(29-21-12-5-2-6-13-21)23(26,15-14-18-8-3-1-4-9-18)19-10-7-11-20(16-19)25(27)28/h1-16,22,26H/b15-14+. The van der Waals surface area contributed by atoms with Gasteiger partial charge in [-0.3, -0.25) is 10.1 Å². The zero-order valence-corrected chi connectivity index (χ0v) is 15.4. The highest BCUT2D eigenvalue weighted by Gasteiger charge is 2.39. The van der Waals surface area contributed by atoms with Crippen LogP contribution in [0.5, 0.6) is 5.75 Å². The molecule has 0 heterocycles. The van der Waals surface area contributed by atoms with Gasteiger partial charge in [-0.25, -0.2) is 0 Å². The van der Waals surface area contributed by atoms with E-state index in [1.807, 2.05) is 36.4 Å². The highest BCUT2D eigenvalue weighted by atomic mass is 16.6. The monoisotopic (exact) mass is 386 g/mol. The summed E-state index contributed by atoms with van der Waals surface area (Å²) in [7, 11) is 0. The molecule has 0 bridgehead atoms. The van der Waals surface area contributed by atoms with E-state index in [-0.39, 0.29) is 11.3 Å². The van der Waals surface area contributed by atoms with Crippen LogP contribution in [0.15, 0.2) is 91.0 Å². The van der Waals surface area contributed by atoms with Crippen molar-refractivity contribution in [2.75, 3.05) is 0 Å². The largest absolute Gasteiger partial charge is 0.472 e. The smallest absolute Gasteiger partial charge is 0.269 e. The first kappa shape index (κ1) is 19.8. The van der Waals surface area contributed by atoms with Crippen LogP contribution < -0.4 is 4.74 Å². The van der Waals surface area contributed by atoms with Crippen LogP contribution in [0.1, 0.15) is 11.1 Å². The molecule has 3 aromatic carbocycles. The van der Waals surface area contributed by atoms with Gasteiger partial charge in [0.15, 0.2) is 5.60 Å². The number of nitro groups is 1. The van der Waals surface area contributed by atoms with E-state index in [9.17, 15) is 20.5 Å². The molecule has 3 rings (SSSR count). The number of hydrogen-bond donors (Lipinski definition) is 1. The van der Waals surface area contributed by atoms with Crippen LogP contribution in [-0.4, -0.2) is 16.1 Å². The van der Waals surface area contributed by atoms with Crippen molar-refractivity contribution in [3.8, 4) is 11.8 Å². The summed E-state index contributed by atoms with van der Waals surface area (Å²) < 4.78 is 5.74. The fourth-order valence-electron chi connectivity index (χ4n) is 2.84. The maximum absolute atomic E-state index is 11.5. The van der Waals surface area contributed by atoms with E-state index in [4.69, 9.17) is 4.74 Å². The van der Waals surface area contributed by atoms with Crippen molar-refractivity contribution >= 4 is 11.8 Å². The van der Waals surface area contributed by atoms with Gasteiger partial charge in [0.1, 0.15) is 11.8 Å². The van der Waals surface area contributed by atoms with E-state index in [0.29, 0.717) is 5.75 Å². The second kappa shape index (κ2) is 8.83. The molecule has 6 heteroatoms. The van der Waals surface area contributed by atoms with E-state index >= 15 is 0 Å². The Morgan fingerprint density at radius 3 is 2.31 bits per heavy atom. The number of hydrogen-bond acceptors (Lipinski definition) is 5. The molecular formula is C23H18N2O4. The van der Waals surface area contributed by atoms with Gasteiger partial charge in [-0.1, -0.05) is 66.7 Å². The summed E-state index contributed by atoms with van der Waals surface area (Å²) in [5.74, 6) is 0.399. The van der Waals surface area contributed by atoms with E-state index in [1.54, 1.807) is 36.4 Å². The number of rotatable bonds is 7. The summed E-state index contributed by atoms with van der Waals surface area (Å²) in [5, 5.41) is 32.5. The highest BCUT2D eigenvalue weighted by Crippen LogP contribution is 2.32. The summed E-state index contributed by atoms with van der Waals surface area (Å²) in [5.41, 5.74) is -1.13. The zero-order valence-electron chi connectivity index (χ0n) is 15.4. The van der Waals surface area contributed by atoms with Gasteiger partial charge in [-0.15, -0.1) is 0 Å². The molecule has 0 spiro atoms. The molecule has 3 aromatic rings. The Bertz CT molecular complexity index is 1050. The van der Waals surface area contributed by atoms with Crippen LogP contribution in [0.25, 0.3) is 6.08 Å². The van der Waals surface area contributed by atoms with E-state index in [2.05, 4.69) is 0 Å². The number of ether oxygens (including phenoxy) is 1. The molecule has 0 saturated heterocycles. The molecule has 6 nitrogen and oxygen atoms in total. The molecule has 29 heavy (non-hydrogen) atoms. The van der Waals surface area contributed by atoms with E-state index < -0.39 is 16.6 Å². The SMILES string of the molecule is N#CC(Oc1ccccc1)C(O)(/C=C/c1ccccc1)c1cccc([N+](=O)[O-])c1. The first-order valence-corrected chi connectivity index (χ1v) is 8.86. The number of aliphatic hydroxyl groups is 1. The van der Waals surface area contributed by atoms with Gasteiger partial charge in [-0.2, -0.15) is 5.26 Å². The molecule has 0 aliphatic rings. The Kier molecular flexibility index (Phi) is 6.03. The minimum atomic E-state index is -1.92. The zero-order chi connectivity index (χ0) is 20.7. The third-order valence-corrected chi connectivity index (χ3v) is 4.36. The van der Waals surface area contributed by atoms with Gasteiger partial charge in [0.2, 0.25) is 6.10 Å². The van der Waals surface area contributed by atoms with Crippen molar-refractivity contribution in [3.05, 3.63) is 112 Å². The minimum Gasteiger partial charge on any atom is -0.472 e. The van der Waals surface area contributed by atoms with Crippen molar-refractivity contribution in [1.29, 1.82) is 5.26 Å². The lowest BCUT2D eigenvalue weighted by molar-refractivity contribution is -0.385. The molecule has 0 fully saturated rings. The number of nitro benzene ring substituents is 1. The molecule has 0 aliphatic heterocycles. The Balaban J connectivity index is 2.07. The third kappa shape index (κ3) is 4.67. The average Bonchev–Trinajstić information content (AvgIpc) is 2.77. The first-order valence-electron chi connectivity index (χ1n) is 8.86. The molecule has 0 aromatic heterocycles. The maximum Gasteiger partial charge on any atom is 0.269 e. The molecule has 0 amide bonds. The van der Waals surface area contributed by atoms with Crippen LogP contribution in [0, 0.1) is 21.4 Å². The molecule has 0 saturated carbocycles. The fraction of sp³-hybridized carbons (Fsp3) is 0.0870. The molecule has 0 radical (unpaired) electrons. The molecule has 2 atom stereocenters. The number of benzene rings is 3. The van der Waals surface area contributed by atoms with Crippen LogP contribution in [0.4, 0.5) is 5.69 Å². The lowest BCUT2D eigenvalue weighted by atomic mass is 9.87. The van der Waals surface area contributed by atoms with Crippen LogP contribution in [0.2, 0.25) is 0 Å². The van der Waals surface area contributed by atoms with Crippen molar-refractivity contribution in [1.82, 2.24) is 0 Å². The van der Waals surface area contributed by atoms with E-state index in [0.717, 1.165) is 5.56 Å². The van der Waals surface area contributed by atoms with Crippen LogP contribution in [-0.2, 0) is 5.60 Å². The third-order valence-electron chi connectivity index (χ3n) is 4.36. The molecule has 0 aliphatic carbocycles. The lowest BCUT2D eigenvalue weighted by Gasteiger charge is -2.30. The predicted octanol–water partition coefficient (Wildman–Crippen LogP) is 4.47.